The molecule has 0 aromatic rings. The predicted octanol–water partition coefficient (Wildman–Crippen LogP) is 1.40. The lowest BCUT2D eigenvalue weighted by Crippen LogP contribution is -2.56. The Hall–Kier alpha value is -1.14. The minimum absolute atomic E-state index is 0.0312. The summed E-state index contributed by atoms with van der Waals surface area (Å²) in [6.45, 7) is 13.5. The average molecular weight is 546 g/mol. The molecule has 0 spiro atoms. The fourth-order valence-corrected chi connectivity index (χ4v) is 6.13. The molecule has 2 aliphatic heterocycles. The van der Waals surface area contributed by atoms with Crippen molar-refractivity contribution in [2.75, 3.05) is 7.05 Å². The Morgan fingerprint density at radius 2 is 1.61 bits per heavy atom. The molecule has 10 heteroatoms. The van der Waals surface area contributed by atoms with Crippen LogP contribution >= 0.6 is 0 Å². The minimum atomic E-state index is -1.68. The summed E-state index contributed by atoms with van der Waals surface area (Å²) in [5.74, 6) is -4.29. The summed E-state index contributed by atoms with van der Waals surface area (Å²) in [5.41, 5.74) is -1.68. The first kappa shape index (κ1) is 33.1. The van der Waals surface area contributed by atoms with Crippen molar-refractivity contribution in [2.24, 2.45) is 29.6 Å². The summed E-state index contributed by atoms with van der Waals surface area (Å²) < 4.78 is 18.1. The van der Waals surface area contributed by atoms with Crippen LogP contribution in [0.3, 0.4) is 0 Å². The Labute approximate surface area is 227 Å². The molecule has 0 radical (unpaired) electrons. The van der Waals surface area contributed by atoms with Crippen LogP contribution in [0.25, 0.3) is 0 Å². The van der Waals surface area contributed by atoms with Crippen LogP contribution in [0.1, 0.15) is 74.7 Å². The average Bonchev–Trinajstić information content (AvgIpc) is 2.88. The van der Waals surface area contributed by atoms with Crippen molar-refractivity contribution in [1.29, 1.82) is 0 Å². The molecular formula is C28H51NO9. The smallest absolute Gasteiger partial charge is 0.311 e. The molecule has 2 fully saturated rings. The SMILES string of the molecule is CC[C@H]1OC(=O)[C@H](C)[C@@H](O[C@H]2CC(NC)[C@H](O)C(C)O2)[C@H](C)[C@@H](O)[C@](C)(O)C[C@@H](C)C(=O)[C@H](C)[C@@H](O)[C@H]1C. The van der Waals surface area contributed by atoms with E-state index in [1.54, 1.807) is 48.6 Å². The summed E-state index contributed by atoms with van der Waals surface area (Å²) in [7, 11) is 1.73. The molecule has 2 heterocycles. The second kappa shape index (κ2) is 13.5. The monoisotopic (exact) mass is 545 g/mol. The quantitative estimate of drug-likeness (QED) is 0.328. The predicted molar refractivity (Wildman–Crippen MR) is 141 cm³/mol. The third-order valence-corrected chi connectivity index (χ3v) is 8.86. The molecule has 0 saturated carbocycles. The number of hydrogen-bond acceptors (Lipinski definition) is 10. The molecule has 0 aromatic heterocycles. The van der Waals surface area contributed by atoms with E-state index < -0.39 is 84.1 Å². The molecule has 14 atom stereocenters. The first-order chi connectivity index (χ1) is 17.6. The van der Waals surface area contributed by atoms with E-state index in [1.165, 1.54) is 6.92 Å². The number of cyclic esters (lactones) is 1. The zero-order chi connectivity index (χ0) is 29.1. The van der Waals surface area contributed by atoms with Crippen LogP contribution in [-0.2, 0) is 23.8 Å². The van der Waals surface area contributed by atoms with Gasteiger partial charge in [-0.25, -0.2) is 0 Å². The third-order valence-electron chi connectivity index (χ3n) is 8.86. The van der Waals surface area contributed by atoms with Gasteiger partial charge in [0.1, 0.15) is 11.9 Å². The van der Waals surface area contributed by atoms with Crippen LogP contribution in [0.5, 0.6) is 0 Å². The van der Waals surface area contributed by atoms with Crippen molar-refractivity contribution in [1.82, 2.24) is 5.32 Å². The number of Topliss-reactive ketones (excluding diaryl/α,β-unsaturated/α-hetero) is 1. The van der Waals surface area contributed by atoms with Crippen LogP contribution in [0, 0.1) is 29.6 Å². The van der Waals surface area contributed by atoms with E-state index >= 15 is 0 Å². The molecule has 5 N–H and O–H groups in total. The van der Waals surface area contributed by atoms with Crippen molar-refractivity contribution in [3.63, 3.8) is 0 Å². The van der Waals surface area contributed by atoms with Gasteiger partial charge >= 0.3 is 5.97 Å². The van der Waals surface area contributed by atoms with E-state index in [4.69, 9.17) is 14.2 Å². The van der Waals surface area contributed by atoms with Gasteiger partial charge in [0, 0.05) is 36.1 Å². The van der Waals surface area contributed by atoms with Crippen molar-refractivity contribution in [3.05, 3.63) is 0 Å². The Morgan fingerprint density at radius 1 is 1.00 bits per heavy atom. The van der Waals surface area contributed by atoms with Crippen molar-refractivity contribution >= 4 is 11.8 Å². The highest BCUT2D eigenvalue weighted by Crippen LogP contribution is 2.35. The number of esters is 1. The Kier molecular flexibility index (Phi) is 11.7. The van der Waals surface area contributed by atoms with E-state index in [2.05, 4.69) is 5.32 Å². The van der Waals surface area contributed by atoms with Gasteiger partial charge in [0.2, 0.25) is 0 Å². The number of aliphatic hydroxyl groups excluding tert-OH is 3. The maximum Gasteiger partial charge on any atom is 0.311 e. The number of aliphatic hydroxyl groups is 4. The zero-order valence-corrected chi connectivity index (χ0v) is 24.5. The van der Waals surface area contributed by atoms with Crippen LogP contribution in [0.4, 0.5) is 0 Å². The summed E-state index contributed by atoms with van der Waals surface area (Å²) in [6.07, 6.45) is -5.29. The van der Waals surface area contributed by atoms with E-state index in [9.17, 15) is 30.0 Å². The number of likely N-dealkylation sites (N-methyl/N-ethyl adjacent to an activating group) is 1. The summed E-state index contributed by atoms with van der Waals surface area (Å²) in [5, 5.41) is 47.1. The van der Waals surface area contributed by atoms with Crippen molar-refractivity contribution in [3.8, 4) is 0 Å². The maximum atomic E-state index is 13.4. The number of ketones is 1. The molecule has 0 amide bonds. The molecule has 38 heavy (non-hydrogen) atoms. The van der Waals surface area contributed by atoms with E-state index in [1.807, 2.05) is 6.92 Å². The highest BCUT2D eigenvalue weighted by Gasteiger charge is 2.47. The number of rotatable bonds is 4. The van der Waals surface area contributed by atoms with Crippen molar-refractivity contribution in [2.45, 2.75) is 129 Å². The summed E-state index contributed by atoms with van der Waals surface area (Å²) in [6, 6.07) is -0.298. The normalized spacial score (nSPS) is 48.3. The molecular weight excluding hydrogens is 494 g/mol. The first-order valence-corrected chi connectivity index (χ1v) is 14.1. The van der Waals surface area contributed by atoms with Gasteiger partial charge in [-0.1, -0.05) is 34.6 Å². The highest BCUT2D eigenvalue weighted by atomic mass is 16.7. The second-order valence-electron chi connectivity index (χ2n) is 12.0. The molecule has 0 aliphatic carbocycles. The van der Waals surface area contributed by atoms with Gasteiger partial charge < -0.3 is 40.0 Å². The molecule has 2 unspecified atom stereocenters. The molecule has 0 aromatic carbocycles. The summed E-state index contributed by atoms with van der Waals surface area (Å²) in [4.78, 5) is 26.6. The maximum absolute atomic E-state index is 13.4. The Balaban J connectivity index is 2.47. The number of carbonyl (C=O) groups excluding carboxylic acids is 2. The topological polar surface area (TPSA) is 155 Å². The van der Waals surface area contributed by atoms with Gasteiger partial charge in [-0.05, 0) is 40.7 Å². The molecule has 222 valence electrons. The molecule has 2 rings (SSSR count). The van der Waals surface area contributed by atoms with Gasteiger partial charge in [-0.15, -0.1) is 0 Å². The van der Waals surface area contributed by atoms with Crippen LogP contribution in [0.15, 0.2) is 0 Å². The Bertz CT molecular complexity index is 792. The number of nitrogens with one attached hydrogen (secondary N) is 1. The van der Waals surface area contributed by atoms with Gasteiger partial charge in [0.15, 0.2) is 6.29 Å². The first-order valence-electron chi connectivity index (χ1n) is 14.1. The standard InChI is InChI=1S/C28H51NO9/c1-10-20-14(3)23(31)15(4)22(30)13(2)12-28(8,35)26(33)16(5)25(17(6)27(34)37-20)38-21-11-19(29-9)24(32)18(7)36-21/h13-21,23-26,29,31-33,35H,10-12H2,1-9H3/t13-,14+,15+,16+,17-,18?,19?,20-,21+,23+,24-,25+,26-,28-/m1/s1. The Morgan fingerprint density at radius 3 is 2.16 bits per heavy atom. The van der Waals surface area contributed by atoms with E-state index in [0.29, 0.717) is 12.8 Å². The second-order valence-corrected chi connectivity index (χ2v) is 12.0. The van der Waals surface area contributed by atoms with Crippen LogP contribution in [0.2, 0.25) is 0 Å². The van der Waals surface area contributed by atoms with E-state index in [0.717, 1.165) is 0 Å². The largest absolute Gasteiger partial charge is 0.462 e. The lowest BCUT2D eigenvalue weighted by Gasteiger charge is -2.43. The van der Waals surface area contributed by atoms with Gasteiger partial charge in [0.25, 0.3) is 0 Å². The fourth-order valence-electron chi connectivity index (χ4n) is 6.13. The molecule has 2 saturated heterocycles. The van der Waals surface area contributed by atoms with E-state index in [-0.39, 0.29) is 18.2 Å². The van der Waals surface area contributed by atoms with Gasteiger partial charge in [0.05, 0.1) is 42.0 Å². The number of ether oxygens (including phenoxy) is 3. The number of carbonyl (C=O) groups is 2. The fraction of sp³-hybridized carbons (Fsp3) is 0.929. The summed E-state index contributed by atoms with van der Waals surface area (Å²) >= 11 is 0. The molecule has 2 aliphatic rings. The molecule has 10 nitrogen and oxygen atoms in total. The zero-order valence-electron chi connectivity index (χ0n) is 24.5. The van der Waals surface area contributed by atoms with Crippen molar-refractivity contribution < 1.29 is 44.2 Å². The molecule has 0 bridgehead atoms. The lowest BCUT2D eigenvalue weighted by molar-refractivity contribution is -0.262. The van der Waals surface area contributed by atoms with Crippen LogP contribution < -0.4 is 5.32 Å². The van der Waals surface area contributed by atoms with Gasteiger partial charge in [-0.3, -0.25) is 9.59 Å². The number of hydrogen-bond donors (Lipinski definition) is 5. The minimum Gasteiger partial charge on any atom is -0.462 e. The van der Waals surface area contributed by atoms with Crippen LogP contribution in [-0.4, -0.2) is 93.8 Å². The third kappa shape index (κ3) is 7.33. The van der Waals surface area contributed by atoms with Gasteiger partial charge in [-0.2, -0.15) is 0 Å². The highest BCUT2D eigenvalue weighted by molar-refractivity contribution is 5.83. The lowest BCUT2D eigenvalue weighted by atomic mass is 9.75.